The molecule has 0 aliphatic heterocycles. The van der Waals surface area contributed by atoms with Crippen LogP contribution in [0, 0.1) is 0 Å². The third kappa shape index (κ3) is 22.1. The molecule has 0 saturated carbocycles. The third-order valence-electron chi connectivity index (χ3n) is 3.45. The van der Waals surface area contributed by atoms with Gasteiger partial charge in [0, 0.05) is 6.61 Å². The van der Waals surface area contributed by atoms with Gasteiger partial charge in [0.15, 0.2) is 0 Å². The standard InChI is InChI=1S/C18H38O4Si/c1-3-5-7-8-9-10-11-19-12-13-20-14-15-21-16-17-22-23-18-6-4-2/h3-18H2,1-2H3. The van der Waals surface area contributed by atoms with Gasteiger partial charge < -0.3 is 18.6 Å². The second kappa shape index (κ2) is 22.1. The monoisotopic (exact) mass is 346 g/mol. The quantitative estimate of drug-likeness (QED) is 0.244. The highest BCUT2D eigenvalue weighted by Crippen LogP contribution is 2.04. The summed E-state index contributed by atoms with van der Waals surface area (Å²) in [7, 11) is 0.622. The minimum atomic E-state index is 0.622. The molecule has 0 atom stereocenters. The van der Waals surface area contributed by atoms with Crippen LogP contribution in [0.4, 0.5) is 0 Å². The molecule has 23 heavy (non-hydrogen) atoms. The van der Waals surface area contributed by atoms with E-state index in [1.165, 1.54) is 57.4 Å². The molecule has 0 rings (SSSR count). The molecule has 0 heterocycles. The smallest absolute Gasteiger partial charge is 0.229 e. The first kappa shape index (κ1) is 23.1. The Morgan fingerprint density at radius 1 is 0.522 bits per heavy atom. The largest absolute Gasteiger partial charge is 0.415 e. The van der Waals surface area contributed by atoms with E-state index in [1.807, 2.05) is 0 Å². The molecular weight excluding hydrogens is 308 g/mol. The van der Waals surface area contributed by atoms with Crippen LogP contribution in [0.1, 0.15) is 65.2 Å². The second-order valence-electron chi connectivity index (χ2n) is 5.70. The average Bonchev–Trinajstić information content (AvgIpc) is 2.57. The molecule has 0 aromatic heterocycles. The van der Waals surface area contributed by atoms with Crippen LogP contribution in [0.5, 0.6) is 0 Å². The van der Waals surface area contributed by atoms with Crippen LogP contribution in [-0.2, 0) is 18.6 Å². The number of unbranched alkanes of at least 4 members (excludes halogenated alkanes) is 6. The van der Waals surface area contributed by atoms with E-state index in [-0.39, 0.29) is 0 Å². The van der Waals surface area contributed by atoms with Crippen molar-refractivity contribution in [2.75, 3.05) is 46.2 Å². The lowest BCUT2D eigenvalue weighted by Crippen LogP contribution is -2.12. The highest BCUT2D eigenvalue weighted by molar-refractivity contribution is 6.26. The Hall–Kier alpha value is 0.0569. The van der Waals surface area contributed by atoms with E-state index in [0.29, 0.717) is 49.4 Å². The minimum Gasteiger partial charge on any atom is -0.415 e. The maximum atomic E-state index is 5.55. The molecule has 2 radical (unpaired) electrons. The average molecular weight is 347 g/mol. The van der Waals surface area contributed by atoms with Gasteiger partial charge in [-0.3, -0.25) is 0 Å². The van der Waals surface area contributed by atoms with E-state index in [0.717, 1.165) is 6.61 Å². The Morgan fingerprint density at radius 3 is 1.70 bits per heavy atom. The van der Waals surface area contributed by atoms with Crippen LogP contribution in [0.15, 0.2) is 0 Å². The van der Waals surface area contributed by atoms with Gasteiger partial charge in [-0.15, -0.1) is 0 Å². The molecule has 0 bridgehead atoms. The SMILES string of the molecule is CCCCCCCCOCCOCCOCCO[Si]CCCC. The van der Waals surface area contributed by atoms with Gasteiger partial charge in [-0.2, -0.15) is 0 Å². The van der Waals surface area contributed by atoms with Crippen molar-refractivity contribution in [3.05, 3.63) is 0 Å². The lowest BCUT2D eigenvalue weighted by atomic mass is 10.1. The van der Waals surface area contributed by atoms with Gasteiger partial charge in [0.05, 0.1) is 39.6 Å². The van der Waals surface area contributed by atoms with Crippen molar-refractivity contribution >= 4 is 9.76 Å². The van der Waals surface area contributed by atoms with Crippen molar-refractivity contribution in [1.82, 2.24) is 0 Å². The second-order valence-corrected chi connectivity index (χ2v) is 6.78. The Bertz CT molecular complexity index is 185. The zero-order valence-corrected chi connectivity index (χ0v) is 16.4. The normalized spacial score (nSPS) is 11.2. The summed E-state index contributed by atoms with van der Waals surface area (Å²) in [5.74, 6) is 0. The van der Waals surface area contributed by atoms with E-state index < -0.39 is 0 Å². The van der Waals surface area contributed by atoms with Crippen molar-refractivity contribution in [2.45, 2.75) is 71.3 Å². The van der Waals surface area contributed by atoms with Gasteiger partial charge in [0.1, 0.15) is 0 Å². The molecule has 0 N–H and O–H groups in total. The summed E-state index contributed by atoms with van der Waals surface area (Å²) in [6.45, 7) is 9.30. The summed E-state index contributed by atoms with van der Waals surface area (Å²) < 4.78 is 21.9. The summed E-state index contributed by atoms with van der Waals surface area (Å²) >= 11 is 0. The molecule has 0 aliphatic rings. The summed E-state index contributed by atoms with van der Waals surface area (Å²) in [6.07, 6.45) is 10.3. The van der Waals surface area contributed by atoms with Gasteiger partial charge in [-0.1, -0.05) is 58.8 Å². The predicted molar refractivity (Wildman–Crippen MR) is 97.3 cm³/mol. The molecule has 0 unspecified atom stereocenters. The van der Waals surface area contributed by atoms with Crippen LogP contribution in [0.2, 0.25) is 6.04 Å². The Labute approximate surface area is 146 Å². The minimum absolute atomic E-state index is 0.622. The first-order valence-electron chi connectivity index (χ1n) is 9.49. The molecule has 0 fully saturated rings. The van der Waals surface area contributed by atoms with Gasteiger partial charge in [0.2, 0.25) is 9.76 Å². The van der Waals surface area contributed by atoms with Gasteiger partial charge in [0.25, 0.3) is 0 Å². The number of rotatable bonds is 20. The highest BCUT2D eigenvalue weighted by Gasteiger charge is 1.94. The summed E-state index contributed by atoms with van der Waals surface area (Å²) in [5, 5.41) is 0. The van der Waals surface area contributed by atoms with Gasteiger partial charge >= 0.3 is 0 Å². The summed E-state index contributed by atoms with van der Waals surface area (Å²) in [6, 6.07) is 1.18. The molecule has 4 nitrogen and oxygen atoms in total. The van der Waals surface area contributed by atoms with Crippen molar-refractivity contribution < 1.29 is 18.6 Å². The van der Waals surface area contributed by atoms with Crippen LogP contribution >= 0.6 is 0 Å². The molecule has 0 amide bonds. The fourth-order valence-corrected chi connectivity index (χ4v) is 2.89. The third-order valence-corrected chi connectivity index (χ3v) is 4.42. The maximum Gasteiger partial charge on any atom is 0.229 e. The van der Waals surface area contributed by atoms with Crippen molar-refractivity contribution in [1.29, 1.82) is 0 Å². The Morgan fingerprint density at radius 2 is 1.04 bits per heavy atom. The van der Waals surface area contributed by atoms with E-state index in [9.17, 15) is 0 Å². The molecule has 0 aromatic rings. The summed E-state index contributed by atoms with van der Waals surface area (Å²) in [4.78, 5) is 0. The number of hydrogen-bond donors (Lipinski definition) is 0. The van der Waals surface area contributed by atoms with Crippen LogP contribution in [-0.4, -0.2) is 56.0 Å². The molecule has 0 aromatic carbocycles. The fourth-order valence-electron chi connectivity index (χ4n) is 2.02. The van der Waals surface area contributed by atoms with Gasteiger partial charge in [-0.05, 0) is 12.5 Å². The molecule has 0 aliphatic carbocycles. The van der Waals surface area contributed by atoms with E-state index in [4.69, 9.17) is 18.6 Å². The molecule has 0 saturated heterocycles. The zero-order chi connectivity index (χ0) is 16.8. The van der Waals surface area contributed by atoms with Crippen LogP contribution in [0.3, 0.4) is 0 Å². The van der Waals surface area contributed by atoms with E-state index >= 15 is 0 Å². The molecule has 0 spiro atoms. The van der Waals surface area contributed by atoms with Crippen molar-refractivity contribution in [3.63, 3.8) is 0 Å². The fraction of sp³-hybridized carbons (Fsp3) is 1.00. The topological polar surface area (TPSA) is 36.9 Å². The first-order valence-corrected chi connectivity index (χ1v) is 10.6. The number of ether oxygens (including phenoxy) is 3. The maximum absolute atomic E-state index is 5.55. The zero-order valence-electron chi connectivity index (χ0n) is 15.4. The van der Waals surface area contributed by atoms with Crippen molar-refractivity contribution in [2.24, 2.45) is 0 Å². The Kier molecular flexibility index (Phi) is 22.1. The molecular formula is C18H38O4Si. The Balaban J connectivity index is 2.92. The van der Waals surface area contributed by atoms with E-state index in [1.54, 1.807) is 0 Å². The van der Waals surface area contributed by atoms with Crippen LogP contribution < -0.4 is 0 Å². The molecule has 138 valence electrons. The first-order chi connectivity index (χ1) is 11.4. The van der Waals surface area contributed by atoms with Crippen molar-refractivity contribution in [3.8, 4) is 0 Å². The predicted octanol–water partition coefficient (Wildman–Crippen LogP) is 4.25. The lowest BCUT2D eigenvalue weighted by Gasteiger charge is -2.07. The van der Waals surface area contributed by atoms with Crippen LogP contribution in [0.25, 0.3) is 0 Å². The summed E-state index contributed by atoms with van der Waals surface area (Å²) in [5.41, 5.74) is 0. The molecule has 5 heteroatoms. The lowest BCUT2D eigenvalue weighted by molar-refractivity contribution is 0.00891. The van der Waals surface area contributed by atoms with E-state index in [2.05, 4.69) is 13.8 Å². The number of hydrogen-bond acceptors (Lipinski definition) is 4. The van der Waals surface area contributed by atoms with Gasteiger partial charge in [-0.25, -0.2) is 0 Å². The highest BCUT2D eigenvalue weighted by atomic mass is 28.2.